The summed E-state index contributed by atoms with van der Waals surface area (Å²) in [6.07, 6.45) is -0.910. The molecular weight excluding hydrogens is 298 g/mol. The van der Waals surface area contributed by atoms with Gasteiger partial charge in [-0.05, 0) is 24.3 Å². The van der Waals surface area contributed by atoms with Crippen LogP contribution in [-0.2, 0) is 9.84 Å². The molecule has 0 aromatic heterocycles. The summed E-state index contributed by atoms with van der Waals surface area (Å²) in [6, 6.07) is 5.66. The molecule has 1 rings (SSSR count). The van der Waals surface area contributed by atoms with Gasteiger partial charge in [-0.25, -0.2) is 8.42 Å². The maximum absolute atomic E-state index is 12.0. The third-order valence-corrected chi connectivity index (χ3v) is 4.49. The highest BCUT2D eigenvalue weighted by atomic mass is 32.2. The molecule has 0 heterocycles. The molecule has 0 saturated heterocycles. The third kappa shape index (κ3) is 5.31. The average molecular weight is 317 g/mol. The Hall–Kier alpha value is -1.68. The number of benzene rings is 1. The molecule has 0 saturated carbocycles. The number of oxime groups is 1. The molecule has 8 nitrogen and oxygen atoms in total. The van der Waals surface area contributed by atoms with Crippen molar-refractivity contribution in [1.29, 1.82) is 0 Å². The summed E-state index contributed by atoms with van der Waals surface area (Å²) in [6.45, 7) is -0.106. The molecule has 1 aromatic carbocycles. The van der Waals surface area contributed by atoms with Crippen LogP contribution in [0.25, 0.3) is 0 Å². The summed E-state index contributed by atoms with van der Waals surface area (Å²) in [5.41, 5.74) is 5.81. The SMILES string of the molecule is N/C(=N/O)c1ccc(S(=O)(=O)CCNCC(O)CO)cc1. The van der Waals surface area contributed by atoms with E-state index in [1.165, 1.54) is 24.3 Å². The van der Waals surface area contributed by atoms with Gasteiger partial charge in [-0.3, -0.25) is 0 Å². The maximum atomic E-state index is 12.0. The standard InChI is InChI=1S/C12H19N3O5S/c13-12(15-18)9-1-3-11(4-2-9)21(19,20)6-5-14-7-10(17)8-16/h1-4,10,14,16-18H,5-8H2,(H2,13,15). The highest BCUT2D eigenvalue weighted by Gasteiger charge is 2.14. The van der Waals surface area contributed by atoms with Crippen LogP contribution in [0.15, 0.2) is 34.3 Å². The van der Waals surface area contributed by atoms with E-state index in [0.717, 1.165) is 0 Å². The highest BCUT2D eigenvalue weighted by molar-refractivity contribution is 7.91. The molecule has 0 radical (unpaired) electrons. The maximum Gasteiger partial charge on any atom is 0.179 e. The zero-order valence-electron chi connectivity index (χ0n) is 11.3. The lowest BCUT2D eigenvalue weighted by molar-refractivity contribution is 0.0950. The fraction of sp³-hybridized carbons (Fsp3) is 0.417. The predicted octanol–water partition coefficient (Wildman–Crippen LogP) is -1.50. The van der Waals surface area contributed by atoms with Crippen molar-refractivity contribution in [2.24, 2.45) is 10.9 Å². The van der Waals surface area contributed by atoms with Gasteiger partial charge >= 0.3 is 0 Å². The highest BCUT2D eigenvalue weighted by Crippen LogP contribution is 2.12. The van der Waals surface area contributed by atoms with E-state index in [-0.39, 0.29) is 36.2 Å². The Morgan fingerprint density at radius 1 is 1.33 bits per heavy atom. The fourth-order valence-corrected chi connectivity index (χ4v) is 2.75. The van der Waals surface area contributed by atoms with E-state index in [1.807, 2.05) is 0 Å². The van der Waals surface area contributed by atoms with Crippen LogP contribution in [-0.4, -0.2) is 61.2 Å². The minimum Gasteiger partial charge on any atom is -0.409 e. The van der Waals surface area contributed by atoms with Crippen LogP contribution >= 0.6 is 0 Å². The molecule has 0 aliphatic heterocycles. The first kappa shape index (κ1) is 17.4. The van der Waals surface area contributed by atoms with Gasteiger partial charge in [0.25, 0.3) is 0 Å². The molecule has 0 aliphatic rings. The average Bonchev–Trinajstić information content (AvgIpc) is 2.50. The van der Waals surface area contributed by atoms with Gasteiger partial charge in [0.1, 0.15) is 0 Å². The Kier molecular flexibility index (Phi) is 6.56. The summed E-state index contributed by atoms with van der Waals surface area (Å²) in [7, 11) is -3.46. The summed E-state index contributed by atoms with van der Waals surface area (Å²) >= 11 is 0. The molecule has 0 amide bonds. The van der Waals surface area contributed by atoms with Crippen LogP contribution in [0.4, 0.5) is 0 Å². The number of amidine groups is 1. The van der Waals surface area contributed by atoms with E-state index >= 15 is 0 Å². The molecule has 118 valence electrons. The Labute approximate surface area is 122 Å². The molecule has 1 atom stereocenters. The van der Waals surface area contributed by atoms with Gasteiger partial charge in [-0.2, -0.15) is 0 Å². The number of hydrogen-bond donors (Lipinski definition) is 5. The lowest BCUT2D eigenvalue weighted by Crippen LogP contribution is -2.32. The van der Waals surface area contributed by atoms with Gasteiger partial charge in [-0.1, -0.05) is 5.16 Å². The van der Waals surface area contributed by atoms with Gasteiger partial charge in [0.15, 0.2) is 15.7 Å². The van der Waals surface area contributed by atoms with Crippen molar-refractivity contribution in [2.75, 3.05) is 25.4 Å². The molecule has 1 unspecified atom stereocenters. The molecule has 21 heavy (non-hydrogen) atoms. The zero-order chi connectivity index (χ0) is 15.9. The Balaban J connectivity index is 2.62. The first-order valence-electron chi connectivity index (χ1n) is 6.21. The van der Waals surface area contributed by atoms with E-state index < -0.39 is 15.9 Å². The van der Waals surface area contributed by atoms with Gasteiger partial charge in [-0.15, -0.1) is 0 Å². The topological polar surface area (TPSA) is 145 Å². The van der Waals surface area contributed by atoms with Crippen molar-refractivity contribution in [1.82, 2.24) is 5.32 Å². The molecule has 0 spiro atoms. The second-order valence-electron chi connectivity index (χ2n) is 4.37. The fourth-order valence-electron chi connectivity index (χ4n) is 1.55. The monoisotopic (exact) mass is 317 g/mol. The molecule has 0 aliphatic carbocycles. The van der Waals surface area contributed by atoms with Crippen LogP contribution in [0.5, 0.6) is 0 Å². The zero-order valence-corrected chi connectivity index (χ0v) is 12.1. The number of nitrogens with two attached hydrogens (primary N) is 1. The van der Waals surface area contributed by atoms with Crippen LogP contribution in [0.3, 0.4) is 0 Å². The number of aliphatic hydroxyl groups is 2. The second-order valence-corrected chi connectivity index (χ2v) is 6.48. The van der Waals surface area contributed by atoms with Crippen molar-refractivity contribution in [2.45, 2.75) is 11.0 Å². The minimum absolute atomic E-state index is 0.0985. The number of nitrogens with one attached hydrogen (secondary N) is 1. The number of hydrogen-bond acceptors (Lipinski definition) is 7. The van der Waals surface area contributed by atoms with Crippen LogP contribution in [0.2, 0.25) is 0 Å². The van der Waals surface area contributed by atoms with Gasteiger partial charge in [0.2, 0.25) is 0 Å². The van der Waals surface area contributed by atoms with Crippen molar-refractivity contribution < 1.29 is 23.8 Å². The van der Waals surface area contributed by atoms with Crippen molar-refractivity contribution in [3.8, 4) is 0 Å². The predicted molar refractivity (Wildman–Crippen MR) is 77.0 cm³/mol. The van der Waals surface area contributed by atoms with E-state index in [0.29, 0.717) is 5.56 Å². The Bertz CT molecular complexity index is 571. The van der Waals surface area contributed by atoms with Crippen molar-refractivity contribution in [3.05, 3.63) is 29.8 Å². The largest absolute Gasteiger partial charge is 0.409 e. The van der Waals surface area contributed by atoms with Crippen LogP contribution < -0.4 is 11.1 Å². The summed E-state index contributed by atoms with van der Waals surface area (Å²) in [4.78, 5) is 0.126. The first-order valence-corrected chi connectivity index (χ1v) is 7.86. The Morgan fingerprint density at radius 2 is 1.95 bits per heavy atom. The van der Waals surface area contributed by atoms with Crippen LogP contribution in [0, 0.1) is 0 Å². The van der Waals surface area contributed by atoms with Gasteiger partial charge < -0.3 is 26.5 Å². The lowest BCUT2D eigenvalue weighted by Gasteiger charge is -2.09. The van der Waals surface area contributed by atoms with E-state index in [4.69, 9.17) is 21.2 Å². The Morgan fingerprint density at radius 3 is 2.48 bits per heavy atom. The molecule has 0 bridgehead atoms. The van der Waals surface area contributed by atoms with Crippen molar-refractivity contribution >= 4 is 15.7 Å². The number of aliphatic hydroxyl groups excluding tert-OH is 2. The number of nitrogens with zero attached hydrogens (tertiary/aromatic N) is 1. The molecule has 0 fully saturated rings. The smallest absolute Gasteiger partial charge is 0.179 e. The van der Waals surface area contributed by atoms with Crippen LogP contribution in [0.1, 0.15) is 5.56 Å². The van der Waals surface area contributed by atoms with E-state index in [9.17, 15) is 8.42 Å². The lowest BCUT2D eigenvalue weighted by atomic mass is 10.2. The summed E-state index contributed by atoms with van der Waals surface area (Å²) in [5, 5.41) is 31.8. The summed E-state index contributed by atoms with van der Waals surface area (Å²) < 4.78 is 24.1. The van der Waals surface area contributed by atoms with Gasteiger partial charge in [0, 0.05) is 18.7 Å². The van der Waals surface area contributed by atoms with Crippen molar-refractivity contribution in [3.63, 3.8) is 0 Å². The van der Waals surface area contributed by atoms with E-state index in [2.05, 4.69) is 10.5 Å². The molecule has 6 N–H and O–H groups in total. The third-order valence-electron chi connectivity index (χ3n) is 2.76. The quantitative estimate of drug-likeness (QED) is 0.129. The minimum atomic E-state index is -3.46. The number of rotatable bonds is 8. The normalized spacial score (nSPS) is 14.1. The second kappa shape index (κ2) is 7.93. The number of sulfone groups is 1. The van der Waals surface area contributed by atoms with E-state index in [1.54, 1.807) is 0 Å². The first-order chi connectivity index (χ1) is 9.90. The molecule has 1 aromatic rings. The molecule has 9 heteroatoms. The summed E-state index contributed by atoms with van der Waals surface area (Å²) in [5.74, 6) is -0.243. The van der Waals surface area contributed by atoms with Gasteiger partial charge in [0.05, 0.1) is 23.4 Å². The molecular formula is C12H19N3O5S.